The molecule has 0 saturated heterocycles. The summed E-state index contributed by atoms with van der Waals surface area (Å²) in [5, 5.41) is 1.05. The average Bonchev–Trinajstić information content (AvgIpc) is 2.71. The first-order valence-electron chi connectivity index (χ1n) is 5.86. The lowest BCUT2D eigenvalue weighted by molar-refractivity contribution is -0.157. The zero-order valence-corrected chi connectivity index (χ0v) is 10.8. The number of H-pyrrole nitrogens is 1. The van der Waals surface area contributed by atoms with Crippen molar-refractivity contribution in [2.45, 2.75) is 26.4 Å². The number of hydrogen-bond donors (Lipinski definition) is 1. The van der Waals surface area contributed by atoms with Crippen LogP contribution < -0.4 is 4.74 Å². The minimum atomic E-state index is -0.481. The lowest BCUT2D eigenvalue weighted by atomic mass is 10.2. The van der Waals surface area contributed by atoms with Crippen LogP contribution in [0.4, 0.5) is 0 Å². The van der Waals surface area contributed by atoms with Gasteiger partial charge >= 0.3 is 5.97 Å². The van der Waals surface area contributed by atoms with Gasteiger partial charge in [-0.2, -0.15) is 0 Å². The highest BCUT2D eigenvalue weighted by Gasteiger charge is 2.16. The predicted molar refractivity (Wildman–Crippen MR) is 69.6 cm³/mol. The van der Waals surface area contributed by atoms with E-state index in [1.807, 2.05) is 51.2 Å². The average molecular weight is 247 g/mol. The van der Waals surface area contributed by atoms with Gasteiger partial charge in [-0.15, -0.1) is 0 Å². The van der Waals surface area contributed by atoms with E-state index in [-0.39, 0.29) is 12.6 Å². The molecule has 2 rings (SSSR count). The van der Waals surface area contributed by atoms with E-state index in [1.54, 1.807) is 0 Å². The summed E-state index contributed by atoms with van der Waals surface area (Å²) in [4.78, 5) is 14.6. The van der Waals surface area contributed by atoms with Gasteiger partial charge in [-0.05, 0) is 45.0 Å². The number of hydrogen-bond acceptors (Lipinski definition) is 3. The minimum Gasteiger partial charge on any atom is -0.482 e. The van der Waals surface area contributed by atoms with Crippen molar-refractivity contribution in [3.05, 3.63) is 30.5 Å². The van der Waals surface area contributed by atoms with Gasteiger partial charge in [-0.1, -0.05) is 0 Å². The normalized spacial score (nSPS) is 11.5. The number of nitrogens with one attached hydrogen (secondary N) is 1. The van der Waals surface area contributed by atoms with E-state index in [9.17, 15) is 4.79 Å². The molecule has 4 nitrogen and oxygen atoms in total. The largest absolute Gasteiger partial charge is 0.482 e. The molecule has 18 heavy (non-hydrogen) atoms. The number of aromatic amines is 1. The third-order valence-corrected chi connectivity index (χ3v) is 2.30. The highest BCUT2D eigenvalue weighted by atomic mass is 16.6. The molecular formula is C14H17NO3. The molecule has 0 atom stereocenters. The van der Waals surface area contributed by atoms with Crippen molar-refractivity contribution in [1.29, 1.82) is 0 Å². The summed E-state index contributed by atoms with van der Waals surface area (Å²) in [6.07, 6.45) is 1.86. The van der Waals surface area contributed by atoms with Crippen molar-refractivity contribution < 1.29 is 14.3 Å². The quantitative estimate of drug-likeness (QED) is 0.848. The Balaban J connectivity index is 1.95. The van der Waals surface area contributed by atoms with Gasteiger partial charge in [0.05, 0.1) is 0 Å². The van der Waals surface area contributed by atoms with E-state index >= 15 is 0 Å². The molecule has 2 aromatic rings. The SMILES string of the molecule is CC(C)(C)OC(=O)COc1ccc2[nH]ccc2c1. The minimum absolute atomic E-state index is 0.0762. The standard InChI is InChI=1S/C14H17NO3/c1-14(2,3)18-13(16)9-17-11-4-5-12-10(8-11)6-7-15-12/h4-8,15H,9H2,1-3H3. The molecule has 0 aliphatic rings. The number of fused-ring (bicyclic) bond motifs is 1. The summed E-state index contributed by atoms with van der Waals surface area (Å²) in [7, 11) is 0. The molecule has 1 heterocycles. The molecular weight excluding hydrogens is 230 g/mol. The second-order valence-electron chi connectivity index (χ2n) is 5.10. The van der Waals surface area contributed by atoms with Gasteiger partial charge in [-0.25, -0.2) is 4.79 Å². The Hall–Kier alpha value is -1.97. The topological polar surface area (TPSA) is 51.3 Å². The van der Waals surface area contributed by atoms with E-state index in [0.717, 1.165) is 10.9 Å². The number of aromatic nitrogens is 1. The molecule has 1 aromatic carbocycles. The van der Waals surface area contributed by atoms with E-state index in [2.05, 4.69) is 4.98 Å². The van der Waals surface area contributed by atoms with Crippen molar-refractivity contribution >= 4 is 16.9 Å². The van der Waals surface area contributed by atoms with Crippen LogP contribution in [0.2, 0.25) is 0 Å². The van der Waals surface area contributed by atoms with Gasteiger partial charge in [0.15, 0.2) is 6.61 Å². The van der Waals surface area contributed by atoms with Gasteiger partial charge < -0.3 is 14.5 Å². The fourth-order valence-corrected chi connectivity index (χ4v) is 1.63. The van der Waals surface area contributed by atoms with E-state index in [1.165, 1.54) is 0 Å². The van der Waals surface area contributed by atoms with Crippen LogP contribution in [0.5, 0.6) is 5.75 Å². The predicted octanol–water partition coefficient (Wildman–Crippen LogP) is 2.89. The fourth-order valence-electron chi connectivity index (χ4n) is 1.63. The Morgan fingerprint density at radius 1 is 1.28 bits per heavy atom. The number of rotatable bonds is 3. The third-order valence-electron chi connectivity index (χ3n) is 2.30. The van der Waals surface area contributed by atoms with Gasteiger partial charge in [0, 0.05) is 17.1 Å². The summed E-state index contributed by atoms with van der Waals surface area (Å²) in [6, 6.07) is 7.58. The molecule has 0 unspecified atom stereocenters. The van der Waals surface area contributed by atoms with Gasteiger partial charge in [0.1, 0.15) is 11.4 Å². The Morgan fingerprint density at radius 2 is 2.06 bits per heavy atom. The van der Waals surface area contributed by atoms with Gasteiger partial charge in [0.2, 0.25) is 0 Å². The molecule has 0 saturated carbocycles. The van der Waals surface area contributed by atoms with Crippen LogP contribution in [0.25, 0.3) is 10.9 Å². The summed E-state index contributed by atoms with van der Waals surface area (Å²) in [5.41, 5.74) is 0.560. The second-order valence-corrected chi connectivity index (χ2v) is 5.10. The van der Waals surface area contributed by atoms with Crippen LogP contribution >= 0.6 is 0 Å². The van der Waals surface area contributed by atoms with E-state index in [0.29, 0.717) is 5.75 Å². The molecule has 1 aromatic heterocycles. The Morgan fingerprint density at radius 3 is 2.78 bits per heavy atom. The molecule has 4 heteroatoms. The number of ether oxygens (including phenoxy) is 2. The maximum Gasteiger partial charge on any atom is 0.344 e. The molecule has 0 aliphatic heterocycles. The van der Waals surface area contributed by atoms with E-state index < -0.39 is 5.60 Å². The first-order chi connectivity index (χ1) is 8.44. The fraction of sp³-hybridized carbons (Fsp3) is 0.357. The summed E-state index contributed by atoms with van der Waals surface area (Å²) in [6.45, 7) is 5.41. The first kappa shape index (κ1) is 12.5. The molecule has 0 radical (unpaired) electrons. The van der Waals surface area contributed by atoms with Gasteiger partial charge in [-0.3, -0.25) is 0 Å². The maximum absolute atomic E-state index is 11.5. The lowest BCUT2D eigenvalue weighted by Crippen LogP contribution is -2.27. The Kier molecular flexibility index (Phi) is 3.28. The zero-order chi connectivity index (χ0) is 13.2. The molecule has 0 fully saturated rings. The summed E-state index contributed by atoms with van der Waals surface area (Å²) in [5.74, 6) is 0.296. The summed E-state index contributed by atoms with van der Waals surface area (Å²) >= 11 is 0. The maximum atomic E-state index is 11.5. The number of carbonyl (C=O) groups is 1. The lowest BCUT2D eigenvalue weighted by Gasteiger charge is -2.19. The Bertz CT molecular complexity index is 551. The van der Waals surface area contributed by atoms with Crippen LogP contribution in [0.1, 0.15) is 20.8 Å². The molecule has 0 amide bonds. The Labute approximate surface area is 106 Å². The molecule has 0 aliphatic carbocycles. The van der Waals surface area contributed by atoms with Crippen LogP contribution in [-0.2, 0) is 9.53 Å². The number of carbonyl (C=O) groups excluding carboxylic acids is 1. The number of esters is 1. The van der Waals surface area contributed by atoms with Crippen LogP contribution in [-0.4, -0.2) is 23.2 Å². The van der Waals surface area contributed by atoms with Crippen molar-refractivity contribution in [2.24, 2.45) is 0 Å². The van der Waals surface area contributed by atoms with Gasteiger partial charge in [0.25, 0.3) is 0 Å². The van der Waals surface area contributed by atoms with Crippen LogP contribution in [0.15, 0.2) is 30.5 Å². The zero-order valence-electron chi connectivity index (χ0n) is 10.8. The smallest absolute Gasteiger partial charge is 0.344 e. The summed E-state index contributed by atoms with van der Waals surface area (Å²) < 4.78 is 10.6. The monoisotopic (exact) mass is 247 g/mol. The van der Waals surface area contributed by atoms with Crippen LogP contribution in [0.3, 0.4) is 0 Å². The van der Waals surface area contributed by atoms with E-state index in [4.69, 9.17) is 9.47 Å². The molecule has 1 N–H and O–H groups in total. The highest BCUT2D eigenvalue weighted by Crippen LogP contribution is 2.19. The third kappa shape index (κ3) is 3.26. The van der Waals surface area contributed by atoms with Crippen molar-refractivity contribution in [3.63, 3.8) is 0 Å². The number of benzene rings is 1. The van der Waals surface area contributed by atoms with Crippen LogP contribution in [0, 0.1) is 0 Å². The molecule has 0 spiro atoms. The van der Waals surface area contributed by atoms with Crippen molar-refractivity contribution in [3.8, 4) is 5.75 Å². The molecule has 96 valence electrons. The first-order valence-corrected chi connectivity index (χ1v) is 5.86. The molecule has 0 bridgehead atoms. The van der Waals surface area contributed by atoms with Crippen molar-refractivity contribution in [2.75, 3.05) is 6.61 Å². The van der Waals surface area contributed by atoms with Crippen molar-refractivity contribution in [1.82, 2.24) is 4.98 Å². The second kappa shape index (κ2) is 4.72. The highest BCUT2D eigenvalue weighted by molar-refractivity contribution is 5.81.